The molecule has 142 valence electrons. The maximum atomic E-state index is 12.8. The van der Waals surface area contributed by atoms with Gasteiger partial charge >= 0.3 is 0 Å². The lowest BCUT2D eigenvalue weighted by Crippen LogP contribution is -2.53. The largest absolute Gasteiger partial charge is 0.371 e. The van der Waals surface area contributed by atoms with Gasteiger partial charge in [-0.05, 0) is 43.5 Å². The van der Waals surface area contributed by atoms with Crippen LogP contribution >= 0.6 is 0 Å². The lowest BCUT2D eigenvalue weighted by atomic mass is 10.0. The van der Waals surface area contributed by atoms with Crippen LogP contribution in [0.5, 0.6) is 0 Å². The van der Waals surface area contributed by atoms with Gasteiger partial charge in [-0.2, -0.15) is 0 Å². The lowest BCUT2D eigenvalue weighted by molar-refractivity contribution is -0.139. The van der Waals surface area contributed by atoms with Crippen LogP contribution in [0.3, 0.4) is 0 Å². The number of aryl methyl sites for hydroxylation is 1. The Morgan fingerprint density at radius 1 is 1.26 bits per heavy atom. The van der Waals surface area contributed by atoms with Crippen LogP contribution in [-0.2, 0) is 19.2 Å². The van der Waals surface area contributed by atoms with Gasteiger partial charge in [0.05, 0.1) is 0 Å². The van der Waals surface area contributed by atoms with Gasteiger partial charge < -0.3 is 9.69 Å². The highest BCUT2D eigenvalue weighted by atomic mass is 16.2. The first-order valence-electron chi connectivity index (χ1n) is 8.87. The topological polar surface area (TPSA) is 104 Å². The van der Waals surface area contributed by atoms with Crippen LogP contribution < -0.4 is 10.2 Å². The van der Waals surface area contributed by atoms with E-state index in [2.05, 4.69) is 10.2 Å². The zero-order valence-corrected chi connectivity index (χ0v) is 15.0. The number of nitrogens with zero attached hydrogens (tertiary/aromatic N) is 2. The van der Waals surface area contributed by atoms with Crippen molar-refractivity contribution in [1.29, 1.82) is 0 Å². The number of nitrogens with one attached hydrogen (secondary N) is 1. The van der Waals surface area contributed by atoms with E-state index in [0.29, 0.717) is 24.1 Å². The molecule has 0 aliphatic carbocycles. The third-order valence-corrected chi connectivity index (χ3v) is 5.12. The van der Waals surface area contributed by atoms with E-state index in [-0.39, 0.29) is 18.8 Å². The highest BCUT2D eigenvalue weighted by Crippen LogP contribution is 2.26. The number of piperidine rings is 1. The van der Waals surface area contributed by atoms with E-state index in [1.807, 2.05) is 6.07 Å². The molecular formula is C19H21N3O5. The van der Waals surface area contributed by atoms with Crippen LogP contribution in [0, 0.1) is 12.8 Å². The van der Waals surface area contributed by atoms with Gasteiger partial charge in [0.15, 0.2) is 0 Å². The first kappa shape index (κ1) is 18.8. The summed E-state index contributed by atoms with van der Waals surface area (Å²) in [6, 6.07) is 4.26. The molecule has 3 rings (SSSR count). The van der Waals surface area contributed by atoms with Crippen molar-refractivity contribution >= 4 is 36.1 Å². The highest BCUT2D eigenvalue weighted by Gasteiger charge is 2.35. The van der Waals surface area contributed by atoms with Crippen LogP contribution in [0.2, 0.25) is 0 Å². The van der Waals surface area contributed by atoms with Crippen LogP contribution in [0.4, 0.5) is 5.69 Å². The third kappa shape index (κ3) is 3.74. The predicted molar refractivity (Wildman–Crippen MR) is 96.0 cm³/mol. The Balaban J connectivity index is 1.79. The van der Waals surface area contributed by atoms with Crippen molar-refractivity contribution in [1.82, 2.24) is 10.2 Å². The van der Waals surface area contributed by atoms with Crippen molar-refractivity contribution in [3.8, 4) is 0 Å². The van der Waals surface area contributed by atoms with Gasteiger partial charge in [-0.15, -0.1) is 0 Å². The van der Waals surface area contributed by atoms with Crippen molar-refractivity contribution in [2.45, 2.75) is 32.2 Å². The Morgan fingerprint density at radius 2 is 2.04 bits per heavy atom. The molecule has 1 aromatic rings. The minimum absolute atomic E-state index is 0.0182. The molecule has 1 aromatic carbocycles. The molecule has 8 heteroatoms. The monoisotopic (exact) mass is 371 g/mol. The molecule has 0 bridgehead atoms. The molecule has 0 spiro atoms. The van der Waals surface area contributed by atoms with Gasteiger partial charge in [0, 0.05) is 36.7 Å². The molecule has 2 aliphatic rings. The zero-order valence-electron chi connectivity index (χ0n) is 15.0. The predicted octanol–water partition coefficient (Wildman–Crippen LogP) is 0.424. The molecule has 0 saturated carbocycles. The van der Waals surface area contributed by atoms with Gasteiger partial charge in [-0.1, -0.05) is 0 Å². The van der Waals surface area contributed by atoms with E-state index in [9.17, 15) is 24.0 Å². The van der Waals surface area contributed by atoms with Crippen LogP contribution in [0.25, 0.3) is 0 Å². The third-order valence-electron chi connectivity index (χ3n) is 5.12. The number of amides is 4. The summed E-state index contributed by atoms with van der Waals surface area (Å²) in [4.78, 5) is 61.5. The number of hydrogen-bond acceptors (Lipinski definition) is 6. The van der Waals surface area contributed by atoms with Gasteiger partial charge in [0.1, 0.15) is 12.3 Å². The van der Waals surface area contributed by atoms with Gasteiger partial charge in [-0.25, -0.2) is 0 Å². The first-order valence-corrected chi connectivity index (χ1v) is 8.87. The zero-order chi connectivity index (χ0) is 19.6. The van der Waals surface area contributed by atoms with E-state index < -0.39 is 23.8 Å². The maximum absolute atomic E-state index is 12.8. The summed E-state index contributed by atoms with van der Waals surface area (Å²) in [5, 5.41) is 2.16. The summed E-state index contributed by atoms with van der Waals surface area (Å²) < 4.78 is 0. The average molecular weight is 371 g/mol. The van der Waals surface area contributed by atoms with E-state index in [4.69, 9.17) is 0 Å². The highest BCUT2D eigenvalue weighted by molar-refractivity contribution is 6.07. The molecule has 8 nitrogen and oxygen atoms in total. The van der Waals surface area contributed by atoms with Crippen LogP contribution in [-0.4, -0.2) is 54.4 Å². The lowest BCUT2D eigenvalue weighted by Gasteiger charge is -2.29. The van der Waals surface area contributed by atoms with Crippen LogP contribution in [0.1, 0.15) is 35.2 Å². The summed E-state index contributed by atoms with van der Waals surface area (Å²) in [5.74, 6) is -1.60. The Labute approximate surface area is 156 Å². The molecule has 2 aliphatic heterocycles. The number of carbonyl (C=O) groups excluding carboxylic acids is 5. The summed E-state index contributed by atoms with van der Waals surface area (Å²) in [5.41, 5.74) is 1.90. The minimum atomic E-state index is -0.987. The summed E-state index contributed by atoms with van der Waals surface area (Å²) in [7, 11) is 0. The van der Waals surface area contributed by atoms with Gasteiger partial charge in [0.2, 0.25) is 18.2 Å². The van der Waals surface area contributed by atoms with E-state index >= 15 is 0 Å². The summed E-state index contributed by atoms with van der Waals surface area (Å²) >= 11 is 0. The smallest absolute Gasteiger partial charge is 0.261 e. The molecule has 2 fully saturated rings. The first-order chi connectivity index (χ1) is 12.9. The number of aldehydes is 1. The molecule has 0 aromatic heterocycles. The second-order valence-corrected chi connectivity index (χ2v) is 6.91. The normalized spacial score (nSPS) is 22.3. The fourth-order valence-electron chi connectivity index (χ4n) is 3.57. The van der Waals surface area contributed by atoms with Crippen LogP contribution in [0.15, 0.2) is 18.2 Å². The second-order valence-electron chi connectivity index (χ2n) is 6.91. The number of imide groups is 2. The molecule has 0 radical (unpaired) electrons. The summed E-state index contributed by atoms with van der Waals surface area (Å²) in [6.07, 6.45) is 2.31. The molecule has 2 atom stereocenters. The Hall–Kier alpha value is -3.03. The van der Waals surface area contributed by atoms with Crippen molar-refractivity contribution in [3.05, 3.63) is 29.3 Å². The molecule has 4 amide bonds. The molecule has 2 heterocycles. The quantitative estimate of drug-likeness (QED) is 0.594. The number of hydrogen-bond donors (Lipinski definition) is 1. The second kappa shape index (κ2) is 7.69. The van der Waals surface area contributed by atoms with E-state index in [1.165, 1.54) is 0 Å². The van der Waals surface area contributed by atoms with Crippen molar-refractivity contribution in [2.24, 2.45) is 5.92 Å². The Morgan fingerprint density at radius 3 is 2.63 bits per heavy atom. The standard InChI is InChI=1S/C19H21N3O5/c1-12-8-14(21-7-6-13(9-21)10-23)2-3-15(12)19(27)22(11-24)16-4-5-17(25)20-18(16)26/h2-3,8,10-11,13,16H,4-7,9H2,1H3,(H,20,25,26)/t13-,16?/m1/s1. The maximum Gasteiger partial charge on any atom is 0.261 e. The SMILES string of the molecule is Cc1cc(N2CC[C@@H](C=O)C2)ccc1C(=O)N(C=O)C1CCC(=O)NC1=O. The Kier molecular flexibility index (Phi) is 5.34. The van der Waals surface area contributed by atoms with Crippen molar-refractivity contribution in [3.63, 3.8) is 0 Å². The van der Waals surface area contributed by atoms with Crippen molar-refractivity contribution < 1.29 is 24.0 Å². The fourth-order valence-corrected chi connectivity index (χ4v) is 3.57. The minimum Gasteiger partial charge on any atom is -0.371 e. The number of anilines is 1. The fraction of sp³-hybridized carbons (Fsp3) is 0.421. The van der Waals surface area contributed by atoms with E-state index in [1.54, 1.807) is 19.1 Å². The van der Waals surface area contributed by atoms with Gasteiger partial charge in [-0.3, -0.25) is 29.4 Å². The number of rotatable bonds is 5. The molecule has 1 N–H and O–H groups in total. The van der Waals surface area contributed by atoms with Gasteiger partial charge in [0.25, 0.3) is 5.91 Å². The molecule has 1 unspecified atom stereocenters. The van der Waals surface area contributed by atoms with Crippen molar-refractivity contribution in [2.75, 3.05) is 18.0 Å². The van der Waals surface area contributed by atoms with E-state index in [0.717, 1.165) is 29.8 Å². The Bertz CT molecular complexity index is 807. The molecular weight excluding hydrogens is 350 g/mol. The number of carbonyl (C=O) groups is 5. The summed E-state index contributed by atoms with van der Waals surface area (Å²) in [6.45, 7) is 3.18. The average Bonchev–Trinajstić information content (AvgIpc) is 3.13. The molecule has 2 saturated heterocycles. The number of benzene rings is 1. The molecule has 27 heavy (non-hydrogen) atoms.